The van der Waals surface area contributed by atoms with Crippen molar-refractivity contribution in [1.29, 1.82) is 0 Å². The first-order chi connectivity index (χ1) is 6.02. The molecular weight excluding hydrogens is 180 g/mol. The summed E-state index contributed by atoms with van der Waals surface area (Å²) >= 11 is 0. The largest absolute Gasteiger partial charge is 0.393 e. The molecule has 0 spiro atoms. The summed E-state index contributed by atoms with van der Waals surface area (Å²) in [5.41, 5.74) is 0. The zero-order valence-electron chi connectivity index (χ0n) is 7.41. The molecule has 2 unspecified atom stereocenters. The average Bonchev–Trinajstić information content (AvgIpc) is 2.50. The summed E-state index contributed by atoms with van der Waals surface area (Å²) in [4.78, 5) is 11.9. The number of aliphatic hydroxyl groups is 1. The standard InChI is InChI=1S/C8H13F2NO2/c1-5(12)6-2-3-11(4-6)8(13)7(9)10/h5-7,12H,2-4H2,1H3. The molecule has 0 bridgehead atoms. The normalized spacial score (nSPS) is 25.3. The Morgan fingerprint density at radius 2 is 2.23 bits per heavy atom. The van der Waals surface area contributed by atoms with Crippen LogP contribution in [0.15, 0.2) is 0 Å². The molecule has 1 N–H and O–H groups in total. The molecule has 0 aliphatic carbocycles. The van der Waals surface area contributed by atoms with Gasteiger partial charge in [0.15, 0.2) is 0 Å². The van der Waals surface area contributed by atoms with Gasteiger partial charge in [0.05, 0.1) is 6.10 Å². The summed E-state index contributed by atoms with van der Waals surface area (Å²) in [7, 11) is 0. The Balaban J connectivity index is 2.45. The molecular formula is C8H13F2NO2. The molecule has 1 aliphatic heterocycles. The van der Waals surface area contributed by atoms with Crippen LogP contribution in [-0.2, 0) is 4.79 Å². The van der Waals surface area contributed by atoms with Crippen molar-refractivity contribution in [3.8, 4) is 0 Å². The third-order valence-corrected chi connectivity index (χ3v) is 2.41. The zero-order valence-corrected chi connectivity index (χ0v) is 7.41. The van der Waals surface area contributed by atoms with Crippen LogP contribution in [-0.4, -0.2) is 41.5 Å². The van der Waals surface area contributed by atoms with E-state index in [1.165, 1.54) is 0 Å². The number of carbonyl (C=O) groups is 1. The third-order valence-electron chi connectivity index (χ3n) is 2.41. The van der Waals surface area contributed by atoms with Gasteiger partial charge in [0.2, 0.25) is 0 Å². The molecule has 0 saturated carbocycles. The molecule has 1 heterocycles. The molecule has 3 nitrogen and oxygen atoms in total. The Morgan fingerprint density at radius 3 is 2.62 bits per heavy atom. The minimum Gasteiger partial charge on any atom is -0.393 e. The highest BCUT2D eigenvalue weighted by molar-refractivity contribution is 5.79. The van der Waals surface area contributed by atoms with Crippen LogP contribution >= 0.6 is 0 Å². The van der Waals surface area contributed by atoms with Gasteiger partial charge >= 0.3 is 6.43 Å². The van der Waals surface area contributed by atoms with Gasteiger partial charge in [-0.3, -0.25) is 4.79 Å². The van der Waals surface area contributed by atoms with Crippen LogP contribution < -0.4 is 0 Å². The lowest BCUT2D eigenvalue weighted by Crippen LogP contribution is -2.34. The minimum atomic E-state index is -2.92. The number of carbonyl (C=O) groups excluding carboxylic acids is 1. The maximum atomic E-state index is 12.0. The van der Waals surface area contributed by atoms with Gasteiger partial charge in [0.1, 0.15) is 0 Å². The highest BCUT2D eigenvalue weighted by atomic mass is 19.3. The van der Waals surface area contributed by atoms with Gasteiger partial charge in [0.25, 0.3) is 5.91 Å². The molecule has 76 valence electrons. The molecule has 0 aromatic heterocycles. The number of alkyl halides is 2. The molecule has 1 rings (SSSR count). The quantitative estimate of drug-likeness (QED) is 0.693. The summed E-state index contributed by atoms with van der Waals surface area (Å²) in [5.74, 6) is -1.18. The molecule has 1 aliphatic rings. The topological polar surface area (TPSA) is 40.5 Å². The van der Waals surface area contributed by atoms with Gasteiger partial charge < -0.3 is 10.0 Å². The molecule has 13 heavy (non-hydrogen) atoms. The number of likely N-dealkylation sites (tertiary alicyclic amines) is 1. The number of hydrogen-bond acceptors (Lipinski definition) is 2. The predicted molar refractivity (Wildman–Crippen MR) is 42.4 cm³/mol. The number of hydrogen-bond donors (Lipinski definition) is 1. The molecule has 2 atom stereocenters. The van der Waals surface area contributed by atoms with Crippen LogP contribution in [0, 0.1) is 5.92 Å². The lowest BCUT2D eigenvalue weighted by Gasteiger charge is -2.16. The molecule has 1 amide bonds. The van der Waals surface area contributed by atoms with E-state index in [1.807, 2.05) is 0 Å². The monoisotopic (exact) mass is 193 g/mol. The van der Waals surface area contributed by atoms with E-state index in [4.69, 9.17) is 5.11 Å². The second-order valence-corrected chi connectivity index (χ2v) is 3.37. The van der Waals surface area contributed by atoms with Crippen LogP contribution in [0.5, 0.6) is 0 Å². The molecule has 5 heteroatoms. The summed E-state index contributed by atoms with van der Waals surface area (Å²) in [6.07, 6.45) is -2.85. The van der Waals surface area contributed by atoms with Gasteiger partial charge in [-0.15, -0.1) is 0 Å². The van der Waals surface area contributed by atoms with E-state index < -0.39 is 18.4 Å². The lowest BCUT2D eigenvalue weighted by molar-refractivity contribution is -0.141. The molecule has 1 fully saturated rings. The van der Waals surface area contributed by atoms with E-state index in [2.05, 4.69) is 0 Å². The smallest absolute Gasteiger partial charge is 0.315 e. The Labute approximate surface area is 75.3 Å². The number of nitrogens with zero attached hydrogens (tertiary/aromatic N) is 1. The van der Waals surface area contributed by atoms with Crippen LogP contribution in [0.2, 0.25) is 0 Å². The van der Waals surface area contributed by atoms with E-state index in [9.17, 15) is 13.6 Å². The van der Waals surface area contributed by atoms with Crippen LogP contribution in [0.25, 0.3) is 0 Å². The summed E-state index contributed by atoms with van der Waals surface area (Å²) in [6, 6.07) is 0. The SMILES string of the molecule is CC(O)C1CCN(C(=O)C(F)F)C1. The van der Waals surface area contributed by atoms with Gasteiger partial charge in [-0.25, -0.2) is 0 Å². The average molecular weight is 193 g/mol. The highest BCUT2D eigenvalue weighted by Gasteiger charge is 2.32. The van der Waals surface area contributed by atoms with E-state index >= 15 is 0 Å². The fraction of sp³-hybridized carbons (Fsp3) is 0.875. The predicted octanol–water partition coefficient (Wildman–Crippen LogP) is 0.481. The maximum absolute atomic E-state index is 12.0. The Bertz CT molecular complexity index is 197. The van der Waals surface area contributed by atoms with Crippen molar-refractivity contribution >= 4 is 5.91 Å². The second kappa shape index (κ2) is 4.00. The van der Waals surface area contributed by atoms with E-state index in [0.29, 0.717) is 13.0 Å². The first-order valence-electron chi connectivity index (χ1n) is 4.27. The molecule has 0 aromatic carbocycles. The van der Waals surface area contributed by atoms with Crippen molar-refractivity contribution in [3.63, 3.8) is 0 Å². The summed E-state index contributed by atoms with van der Waals surface area (Å²) in [5, 5.41) is 9.16. The Kier molecular flexibility index (Phi) is 3.19. The van der Waals surface area contributed by atoms with E-state index in [-0.39, 0.29) is 12.5 Å². The first kappa shape index (κ1) is 10.4. The third kappa shape index (κ3) is 2.37. The van der Waals surface area contributed by atoms with Crippen molar-refractivity contribution in [2.75, 3.05) is 13.1 Å². The fourth-order valence-electron chi connectivity index (χ4n) is 1.52. The number of rotatable bonds is 2. The zero-order chi connectivity index (χ0) is 10.0. The van der Waals surface area contributed by atoms with Crippen molar-refractivity contribution in [1.82, 2.24) is 4.90 Å². The maximum Gasteiger partial charge on any atom is 0.315 e. The number of amides is 1. The van der Waals surface area contributed by atoms with Crippen LogP contribution in [0.1, 0.15) is 13.3 Å². The fourth-order valence-corrected chi connectivity index (χ4v) is 1.52. The second-order valence-electron chi connectivity index (χ2n) is 3.37. The van der Waals surface area contributed by atoms with E-state index in [1.54, 1.807) is 6.92 Å². The van der Waals surface area contributed by atoms with Gasteiger partial charge in [-0.05, 0) is 13.3 Å². The van der Waals surface area contributed by atoms with Crippen LogP contribution in [0.4, 0.5) is 8.78 Å². The van der Waals surface area contributed by atoms with E-state index in [0.717, 1.165) is 4.90 Å². The molecule has 1 saturated heterocycles. The van der Waals surface area contributed by atoms with Crippen molar-refractivity contribution in [2.24, 2.45) is 5.92 Å². The van der Waals surface area contributed by atoms with Gasteiger partial charge in [-0.1, -0.05) is 0 Å². The van der Waals surface area contributed by atoms with Crippen molar-refractivity contribution in [2.45, 2.75) is 25.9 Å². The van der Waals surface area contributed by atoms with Crippen molar-refractivity contribution < 1.29 is 18.7 Å². The summed E-state index contributed by atoms with van der Waals surface area (Å²) in [6.45, 7) is 2.20. The Hall–Kier alpha value is -0.710. The minimum absolute atomic E-state index is 0.0531. The van der Waals surface area contributed by atoms with Gasteiger partial charge in [-0.2, -0.15) is 8.78 Å². The van der Waals surface area contributed by atoms with Gasteiger partial charge in [0, 0.05) is 19.0 Å². The Morgan fingerprint density at radius 1 is 1.62 bits per heavy atom. The molecule has 0 radical (unpaired) electrons. The number of aliphatic hydroxyl groups excluding tert-OH is 1. The van der Waals surface area contributed by atoms with Crippen molar-refractivity contribution in [3.05, 3.63) is 0 Å². The number of halogens is 2. The molecule has 0 aromatic rings. The van der Waals surface area contributed by atoms with Crippen LogP contribution in [0.3, 0.4) is 0 Å². The first-order valence-corrected chi connectivity index (χ1v) is 4.27. The summed E-state index contributed by atoms with van der Waals surface area (Å²) < 4.78 is 23.9. The highest BCUT2D eigenvalue weighted by Crippen LogP contribution is 2.20. The lowest BCUT2D eigenvalue weighted by atomic mass is 10.0.